The second-order valence-corrected chi connectivity index (χ2v) is 8.44. The Balaban J connectivity index is 1.64. The van der Waals surface area contributed by atoms with Crippen LogP contribution in [0.15, 0.2) is 16.8 Å². The summed E-state index contributed by atoms with van der Waals surface area (Å²) in [5, 5.41) is 7.95. The van der Waals surface area contributed by atoms with Gasteiger partial charge in [0.15, 0.2) is 0 Å². The highest BCUT2D eigenvalue weighted by atomic mass is 32.1. The predicted octanol–water partition coefficient (Wildman–Crippen LogP) is 3.62. The molecule has 23 heavy (non-hydrogen) atoms. The molecule has 1 unspecified atom stereocenters. The van der Waals surface area contributed by atoms with Gasteiger partial charge in [0.1, 0.15) is 11.3 Å². The molecular weight excluding hydrogens is 328 g/mol. The molecule has 2 aromatic heterocycles. The number of ether oxygens (including phenoxy) is 1. The molecule has 0 bridgehead atoms. The lowest BCUT2D eigenvalue weighted by Crippen LogP contribution is -2.43. The molecule has 2 aromatic rings. The van der Waals surface area contributed by atoms with Crippen molar-refractivity contribution in [1.29, 1.82) is 0 Å². The number of thiophene rings is 1. The molecule has 4 nitrogen and oxygen atoms in total. The molecule has 3 rings (SSSR count). The van der Waals surface area contributed by atoms with Gasteiger partial charge in [0, 0.05) is 23.1 Å². The summed E-state index contributed by atoms with van der Waals surface area (Å²) in [6.45, 7) is 7.52. The van der Waals surface area contributed by atoms with Gasteiger partial charge in [-0.25, -0.2) is 4.98 Å². The minimum atomic E-state index is -0.444. The van der Waals surface area contributed by atoms with E-state index in [2.05, 4.69) is 35.6 Å². The average Bonchev–Trinajstić information content (AvgIpc) is 3.14. The third kappa shape index (κ3) is 3.65. The van der Waals surface area contributed by atoms with E-state index in [9.17, 15) is 4.79 Å². The van der Waals surface area contributed by atoms with Crippen LogP contribution in [0.2, 0.25) is 0 Å². The summed E-state index contributed by atoms with van der Waals surface area (Å²) in [6.07, 6.45) is 1.87. The zero-order chi connectivity index (χ0) is 16.4. The highest BCUT2D eigenvalue weighted by Crippen LogP contribution is 2.35. The number of nitrogens with one attached hydrogen (secondary N) is 1. The molecule has 1 aliphatic rings. The molecule has 1 amide bonds. The second-order valence-electron chi connectivity index (χ2n) is 6.49. The van der Waals surface area contributed by atoms with Crippen molar-refractivity contribution in [2.45, 2.75) is 39.2 Å². The van der Waals surface area contributed by atoms with Crippen LogP contribution in [0.4, 0.5) is 0 Å². The van der Waals surface area contributed by atoms with E-state index in [1.807, 2.05) is 12.3 Å². The summed E-state index contributed by atoms with van der Waals surface area (Å²) in [5.41, 5.74) is 1.27. The van der Waals surface area contributed by atoms with Crippen molar-refractivity contribution < 1.29 is 9.53 Å². The molecule has 1 aliphatic heterocycles. The number of fused-ring (bicyclic) bond motifs is 1. The third-order valence-corrected chi connectivity index (χ3v) is 5.87. The Morgan fingerprint density at radius 2 is 2.30 bits per heavy atom. The zero-order valence-corrected chi connectivity index (χ0v) is 15.4. The maximum atomic E-state index is 12.4. The fourth-order valence-electron chi connectivity index (χ4n) is 2.80. The van der Waals surface area contributed by atoms with Gasteiger partial charge in [0.25, 0.3) is 5.91 Å². The van der Waals surface area contributed by atoms with E-state index in [0.717, 1.165) is 17.8 Å². The lowest BCUT2D eigenvalue weighted by molar-refractivity contribution is -0.0426. The van der Waals surface area contributed by atoms with Crippen molar-refractivity contribution in [2.75, 3.05) is 13.2 Å². The van der Waals surface area contributed by atoms with Crippen LogP contribution in [0.3, 0.4) is 0 Å². The van der Waals surface area contributed by atoms with Gasteiger partial charge in [-0.1, -0.05) is 13.8 Å². The van der Waals surface area contributed by atoms with Crippen LogP contribution in [-0.4, -0.2) is 24.0 Å². The van der Waals surface area contributed by atoms with Crippen LogP contribution >= 0.6 is 22.7 Å². The first-order chi connectivity index (χ1) is 11.0. The van der Waals surface area contributed by atoms with Gasteiger partial charge in [-0.05, 0) is 29.9 Å². The van der Waals surface area contributed by atoms with Crippen LogP contribution < -0.4 is 5.32 Å². The van der Waals surface area contributed by atoms with Crippen LogP contribution in [0.25, 0.3) is 0 Å². The van der Waals surface area contributed by atoms with Gasteiger partial charge >= 0.3 is 0 Å². The zero-order valence-electron chi connectivity index (χ0n) is 13.7. The van der Waals surface area contributed by atoms with E-state index in [4.69, 9.17) is 4.74 Å². The Morgan fingerprint density at radius 1 is 1.48 bits per heavy atom. The van der Waals surface area contributed by atoms with Crippen molar-refractivity contribution in [3.05, 3.63) is 38.0 Å². The lowest BCUT2D eigenvalue weighted by atomic mass is 9.93. The standard InChI is InChI=1S/C17H22N2O2S2/c1-11(2)8-15-19-13(9-23-15)16(20)18-10-17(3)12-5-7-22-14(12)4-6-21-17/h5,7,9,11H,4,6,8,10H2,1-3H3,(H,18,20). The van der Waals surface area contributed by atoms with Gasteiger partial charge in [-0.3, -0.25) is 4.79 Å². The monoisotopic (exact) mass is 350 g/mol. The first-order valence-corrected chi connectivity index (χ1v) is 9.67. The fraction of sp³-hybridized carbons (Fsp3) is 0.529. The number of thiazole rings is 1. The number of carbonyl (C=O) groups excluding carboxylic acids is 1. The number of amides is 1. The number of aromatic nitrogens is 1. The second kappa shape index (κ2) is 6.71. The van der Waals surface area contributed by atoms with E-state index in [1.54, 1.807) is 22.7 Å². The van der Waals surface area contributed by atoms with Crippen LogP contribution in [-0.2, 0) is 23.2 Å². The Bertz CT molecular complexity index is 692. The molecule has 0 spiro atoms. The topological polar surface area (TPSA) is 51.2 Å². The van der Waals surface area contributed by atoms with E-state index in [0.29, 0.717) is 24.8 Å². The van der Waals surface area contributed by atoms with Gasteiger partial charge in [0.05, 0.1) is 18.2 Å². The summed E-state index contributed by atoms with van der Waals surface area (Å²) in [4.78, 5) is 18.2. The minimum Gasteiger partial charge on any atom is -0.368 e. The maximum absolute atomic E-state index is 12.4. The molecule has 124 valence electrons. The number of hydrogen-bond acceptors (Lipinski definition) is 5. The third-order valence-electron chi connectivity index (χ3n) is 4.02. The summed E-state index contributed by atoms with van der Waals surface area (Å²) in [6, 6.07) is 2.11. The lowest BCUT2D eigenvalue weighted by Gasteiger charge is -2.34. The molecule has 1 atom stereocenters. The summed E-state index contributed by atoms with van der Waals surface area (Å²) in [5.74, 6) is 0.423. The molecule has 0 aliphatic carbocycles. The molecule has 0 aromatic carbocycles. The molecule has 1 N–H and O–H groups in total. The van der Waals surface area contributed by atoms with Crippen molar-refractivity contribution in [3.8, 4) is 0 Å². The van der Waals surface area contributed by atoms with Crippen LogP contribution in [0, 0.1) is 5.92 Å². The van der Waals surface area contributed by atoms with Crippen molar-refractivity contribution in [3.63, 3.8) is 0 Å². The Kier molecular flexibility index (Phi) is 4.85. The van der Waals surface area contributed by atoms with E-state index in [-0.39, 0.29) is 5.91 Å². The van der Waals surface area contributed by atoms with Crippen molar-refractivity contribution >= 4 is 28.6 Å². The Hall–Kier alpha value is -1.24. The Morgan fingerprint density at radius 3 is 3.09 bits per heavy atom. The van der Waals surface area contributed by atoms with Crippen molar-refractivity contribution in [2.24, 2.45) is 5.92 Å². The number of nitrogens with zero attached hydrogens (tertiary/aromatic N) is 1. The first-order valence-electron chi connectivity index (χ1n) is 7.91. The molecular formula is C17H22N2O2S2. The molecule has 0 saturated carbocycles. The normalized spacial score (nSPS) is 20.5. The van der Waals surface area contributed by atoms with Crippen LogP contribution in [0.5, 0.6) is 0 Å². The van der Waals surface area contributed by atoms with Gasteiger partial charge in [-0.15, -0.1) is 22.7 Å². The quantitative estimate of drug-likeness (QED) is 0.896. The summed E-state index contributed by atoms with van der Waals surface area (Å²) >= 11 is 3.32. The molecule has 3 heterocycles. The molecule has 0 fully saturated rings. The van der Waals surface area contributed by atoms with E-state index in [1.165, 1.54) is 10.4 Å². The summed E-state index contributed by atoms with van der Waals surface area (Å²) in [7, 11) is 0. The maximum Gasteiger partial charge on any atom is 0.270 e. The number of hydrogen-bond donors (Lipinski definition) is 1. The highest BCUT2D eigenvalue weighted by molar-refractivity contribution is 7.10. The molecule has 0 saturated heterocycles. The SMILES string of the molecule is CC(C)Cc1nc(C(=O)NCC2(C)OCCc3sccc32)cs1. The molecule has 0 radical (unpaired) electrons. The number of rotatable bonds is 5. The Labute approximate surface area is 144 Å². The first kappa shape index (κ1) is 16.6. The largest absolute Gasteiger partial charge is 0.368 e. The number of carbonyl (C=O) groups is 1. The predicted molar refractivity (Wildman–Crippen MR) is 94.3 cm³/mol. The molecule has 6 heteroatoms. The smallest absolute Gasteiger partial charge is 0.270 e. The minimum absolute atomic E-state index is 0.122. The van der Waals surface area contributed by atoms with Gasteiger partial charge in [0.2, 0.25) is 0 Å². The fourth-order valence-corrected chi connectivity index (χ4v) is 4.76. The van der Waals surface area contributed by atoms with E-state index >= 15 is 0 Å². The highest BCUT2D eigenvalue weighted by Gasteiger charge is 2.34. The van der Waals surface area contributed by atoms with Gasteiger partial charge in [-0.2, -0.15) is 0 Å². The van der Waals surface area contributed by atoms with E-state index < -0.39 is 5.60 Å². The summed E-state index contributed by atoms with van der Waals surface area (Å²) < 4.78 is 5.97. The van der Waals surface area contributed by atoms with Gasteiger partial charge < -0.3 is 10.1 Å². The van der Waals surface area contributed by atoms with Crippen LogP contribution in [0.1, 0.15) is 46.7 Å². The average molecular weight is 351 g/mol. The van der Waals surface area contributed by atoms with Crippen molar-refractivity contribution in [1.82, 2.24) is 10.3 Å².